The number of hydrogen-bond acceptors (Lipinski definition) is 12. The average Bonchev–Trinajstić information content (AvgIpc) is 3.05. The number of carbonyl (C=O) groups is 1. The average molecular weight is 663 g/mol. The molecular formula is C34H62O12. The summed E-state index contributed by atoms with van der Waals surface area (Å²) in [6, 6.07) is 0. The second-order valence-corrected chi connectivity index (χ2v) is 13.4. The van der Waals surface area contributed by atoms with Crippen LogP contribution in [0.25, 0.3) is 0 Å². The van der Waals surface area contributed by atoms with Gasteiger partial charge < -0.3 is 54.3 Å². The minimum Gasteiger partial charge on any atom is -0.463 e. The van der Waals surface area contributed by atoms with E-state index in [4.69, 9.17) is 23.7 Å². The third-order valence-electron chi connectivity index (χ3n) is 9.56. The Morgan fingerprint density at radius 1 is 0.630 bits per heavy atom. The third-order valence-corrected chi connectivity index (χ3v) is 9.56. The van der Waals surface area contributed by atoms with Crippen LogP contribution < -0.4 is 0 Å². The number of unbranched alkanes of at least 4 members (excludes halogenated alkanes) is 6. The molecule has 6 N–H and O–H groups in total. The molecule has 2 bridgehead atoms. The Kier molecular flexibility index (Phi) is 18.8. The van der Waals surface area contributed by atoms with Crippen molar-refractivity contribution in [2.45, 2.75) is 196 Å². The quantitative estimate of drug-likeness (QED) is 0.157. The largest absolute Gasteiger partial charge is 0.463 e. The Hall–Kier alpha value is -0.930. The second kappa shape index (κ2) is 21.9. The molecule has 46 heavy (non-hydrogen) atoms. The van der Waals surface area contributed by atoms with E-state index >= 15 is 0 Å². The molecule has 12 heteroatoms. The molecule has 1 unspecified atom stereocenters. The van der Waals surface area contributed by atoms with Crippen LogP contribution in [0.4, 0.5) is 0 Å². The first-order chi connectivity index (χ1) is 22.3. The van der Waals surface area contributed by atoms with E-state index in [9.17, 15) is 35.4 Å². The molecule has 3 aliphatic rings. The predicted octanol–water partition coefficient (Wildman–Crippen LogP) is 2.99. The van der Waals surface area contributed by atoms with E-state index < -0.39 is 74.0 Å². The summed E-state index contributed by atoms with van der Waals surface area (Å²) in [7, 11) is 0. The molecule has 3 fully saturated rings. The van der Waals surface area contributed by atoms with Gasteiger partial charge in [0.1, 0.15) is 55.4 Å². The minimum absolute atomic E-state index is 0.225. The lowest BCUT2D eigenvalue weighted by Crippen LogP contribution is -2.65. The van der Waals surface area contributed by atoms with Crippen molar-refractivity contribution < 1.29 is 59.1 Å². The van der Waals surface area contributed by atoms with Crippen LogP contribution in [0.1, 0.15) is 129 Å². The van der Waals surface area contributed by atoms with Gasteiger partial charge in [-0.1, -0.05) is 103 Å². The van der Waals surface area contributed by atoms with Crippen LogP contribution in [0.3, 0.4) is 0 Å². The first kappa shape index (κ1) is 39.5. The number of ether oxygens (including phenoxy) is 5. The van der Waals surface area contributed by atoms with Gasteiger partial charge in [-0.15, -0.1) is 0 Å². The van der Waals surface area contributed by atoms with Crippen molar-refractivity contribution >= 4 is 5.97 Å². The normalized spacial score (nSPS) is 38.2. The number of rotatable bonds is 9. The molecule has 0 spiro atoms. The first-order valence-electron chi connectivity index (χ1n) is 18.1. The van der Waals surface area contributed by atoms with E-state index in [1.165, 1.54) is 25.7 Å². The van der Waals surface area contributed by atoms with Crippen molar-refractivity contribution in [3.05, 3.63) is 0 Å². The molecule has 0 aromatic carbocycles. The number of carbonyl (C=O) groups excluding carboxylic acids is 1. The molecule has 12 nitrogen and oxygen atoms in total. The molecule has 0 aromatic heterocycles. The molecule has 11 atom stereocenters. The van der Waals surface area contributed by atoms with Crippen LogP contribution in [0.2, 0.25) is 0 Å². The second-order valence-electron chi connectivity index (χ2n) is 13.4. The van der Waals surface area contributed by atoms with Gasteiger partial charge in [-0.05, 0) is 19.3 Å². The van der Waals surface area contributed by atoms with Crippen molar-refractivity contribution in [2.75, 3.05) is 13.2 Å². The van der Waals surface area contributed by atoms with Crippen molar-refractivity contribution in [2.24, 2.45) is 0 Å². The molecule has 3 saturated heterocycles. The number of hydrogen-bond donors (Lipinski definition) is 6. The molecule has 0 aliphatic carbocycles. The Labute approximate surface area is 274 Å². The smallest absolute Gasteiger partial charge is 0.305 e. The lowest BCUT2D eigenvalue weighted by atomic mass is 9.97. The SMILES string of the molecule is CCCCCCCCCC1CCCCCCCCCCCC(=O)OC[C@H]2O[C@@H](O[C@H]3[C@H](O1)O[C@H](CO)[C@@H](O)[C@@H]3O)[C@H](O)[C@@H](O)[C@@H]2O. The molecule has 0 saturated carbocycles. The number of fused-ring (bicyclic) bond motifs is 3. The van der Waals surface area contributed by atoms with Gasteiger partial charge in [-0.3, -0.25) is 4.79 Å². The number of cyclic esters (lactones) is 1. The van der Waals surface area contributed by atoms with Crippen molar-refractivity contribution in [1.29, 1.82) is 0 Å². The number of aliphatic hydroxyl groups excluding tert-OH is 6. The van der Waals surface area contributed by atoms with Gasteiger partial charge in [0.15, 0.2) is 12.6 Å². The molecule has 3 heterocycles. The maximum Gasteiger partial charge on any atom is 0.305 e. The highest BCUT2D eigenvalue weighted by molar-refractivity contribution is 5.69. The van der Waals surface area contributed by atoms with Gasteiger partial charge in [-0.25, -0.2) is 0 Å². The zero-order valence-electron chi connectivity index (χ0n) is 27.8. The maximum absolute atomic E-state index is 12.3. The monoisotopic (exact) mass is 662 g/mol. The summed E-state index contributed by atoms with van der Waals surface area (Å²) in [5.41, 5.74) is 0. The van der Waals surface area contributed by atoms with E-state index in [1.807, 2.05) is 0 Å². The maximum atomic E-state index is 12.3. The lowest BCUT2D eigenvalue weighted by Gasteiger charge is -2.46. The van der Waals surface area contributed by atoms with Crippen molar-refractivity contribution in [1.82, 2.24) is 0 Å². The van der Waals surface area contributed by atoms with Gasteiger partial charge in [0, 0.05) is 6.42 Å². The van der Waals surface area contributed by atoms with E-state index in [1.54, 1.807) is 0 Å². The fourth-order valence-corrected chi connectivity index (χ4v) is 6.56. The zero-order chi connectivity index (χ0) is 33.3. The summed E-state index contributed by atoms with van der Waals surface area (Å²) in [4.78, 5) is 12.3. The van der Waals surface area contributed by atoms with E-state index in [2.05, 4.69) is 6.92 Å². The third kappa shape index (κ3) is 12.8. The van der Waals surface area contributed by atoms with Crippen LogP contribution in [0.15, 0.2) is 0 Å². The Balaban J connectivity index is 1.76. The molecule has 0 radical (unpaired) electrons. The van der Waals surface area contributed by atoms with E-state index in [0.717, 1.165) is 83.5 Å². The highest BCUT2D eigenvalue weighted by atomic mass is 16.8. The van der Waals surface area contributed by atoms with Gasteiger partial charge >= 0.3 is 5.97 Å². The summed E-state index contributed by atoms with van der Waals surface area (Å²) in [5, 5.41) is 63.6. The van der Waals surface area contributed by atoms with Crippen LogP contribution >= 0.6 is 0 Å². The zero-order valence-corrected chi connectivity index (χ0v) is 27.8. The molecule has 0 amide bonds. The van der Waals surface area contributed by atoms with Crippen molar-refractivity contribution in [3.63, 3.8) is 0 Å². The summed E-state index contributed by atoms with van der Waals surface area (Å²) >= 11 is 0. The minimum atomic E-state index is -1.73. The molecular weight excluding hydrogens is 600 g/mol. The Morgan fingerprint density at radius 2 is 1.26 bits per heavy atom. The van der Waals surface area contributed by atoms with Crippen LogP contribution in [-0.4, -0.2) is 117 Å². The Bertz CT molecular complexity index is 817. The lowest BCUT2D eigenvalue weighted by molar-refractivity contribution is -0.372. The van der Waals surface area contributed by atoms with Gasteiger partial charge in [0.2, 0.25) is 0 Å². The predicted molar refractivity (Wildman–Crippen MR) is 169 cm³/mol. The first-order valence-corrected chi connectivity index (χ1v) is 18.1. The summed E-state index contributed by atoms with van der Waals surface area (Å²) in [5.74, 6) is -0.453. The summed E-state index contributed by atoms with van der Waals surface area (Å²) < 4.78 is 29.4. The molecule has 270 valence electrons. The fraction of sp³-hybridized carbons (Fsp3) is 0.971. The van der Waals surface area contributed by atoms with Gasteiger partial charge in [0.05, 0.1) is 12.7 Å². The van der Waals surface area contributed by atoms with Crippen LogP contribution in [-0.2, 0) is 28.5 Å². The Morgan fingerprint density at radius 3 is 1.93 bits per heavy atom. The van der Waals surface area contributed by atoms with E-state index in [-0.39, 0.29) is 19.1 Å². The van der Waals surface area contributed by atoms with Gasteiger partial charge in [-0.2, -0.15) is 0 Å². The number of esters is 1. The fourth-order valence-electron chi connectivity index (χ4n) is 6.56. The van der Waals surface area contributed by atoms with E-state index in [0.29, 0.717) is 6.42 Å². The molecule has 0 aromatic rings. The van der Waals surface area contributed by atoms with Crippen molar-refractivity contribution in [3.8, 4) is 0 Å². The number of aliphatic hydroxyl groups is 6. The van der Waals surface area contributed by atoms with Crippen LogP contribution in [0, 0.1) is 0 Å². The highest BCUT2D eigenvalue weighted by Gasteiger charge is 2.51. The highest BCUT2D eigenvalue weighted by Crippen LogP contribution is 2.32. The topological polar surface area (TPSA) is 185 Å². The summed E-state index contributed by atoms with van der Waals surface area (Å²) in [6.45, 7) is 1.27. The standard InChI is InChI=1S/C34H62O12/c1-2-3-4-5-9-12-15-18-23-19-16-13-10-7-6-8-11-14-17-20-26(36)42-22-25-28(38)29(39)31(41)33(45-25)46-32-30(40)27(37)24(21-35)44-34(32)43-23/h23-25,27-35,37-41H,2-22H2,1H3/t23?,24-,25-,27-,28-,29+,30+,31-,32-,33+,34-/m1/s1. The summed E-state index contributed by atoms with van der Waals surface area (Å²) in [6.07, 6.45) is 4.17. The molecule has 3 aliphatic heterocycles. The van der Waals surface area contributed by atoms with Gasteiger partial charge in [0.25, 0.3) is 0 Å². The molecule has 3 rings (SSSR count). The van der Waals surface area contributed by atoms with Crippen LogP contribution in [0.5, 0.6) is 0 Å².